The quantitative estimate of drug-likeness (QED) is 0.820. The minimum Gasteiger partial charge on any atom is -0.482 e. The first kappa shape index (κ1) is 11.1. The number of ether oxygens (including phenoxy) is 1. The van der Waals surface area contributed by atoms with E-state index in [1.807, 2.05) is 6.07 Å². The molecule has 1 aromatic rings. The molecule has 1 aliphatic heterocycles. The minimum atomic E-state index is -0.423. The van der Waals surface area contributed by atoms with Crippen LogP contribution in [0.5, 0.6) is 5.75 Å². The molecular weight excluding hydrogens is 230 g/mol. The second-order valence-electron chi connectivity index (χ2n) is 4.84. The van der Waals surface area contributed by atoms with Crippen molar-refractivity contribution in [3.05, 3.63) is 23.8 Å². The number of amides is 1. The summed E-state index contributed by atoms with van der Waals surface area (Å²) in [5, 5.41) is 11.9. The third kappa shape index (κ3) is 1.62. The Hall–Kier alpha value is -2.06. The van der Waals surface area contributed by atoms with Crippen LogP contribution in [0.3, 0.4) is 0 Å². The van der Waals surface area contributed by atoms with Gasteiger partial charge in [-0.05, 0) is 30.5 Å². The van der Waals surface area contributed by atoms with E-state index < -0.39 is 5.41 Å². The molecule has 0 aromatic heterocycles. The first-order chi connectivity index (χ1) is 8.64. The zero-order chi connectivity index (χ0) is 12.8. The van der Waals surface area contributed by atoms with E-state index in [1.165, 1.54) is 0 Å². The first-order valence-electron chi connectivity index (χ1n) is 5.88. The maximum Gasteiger partial charge on any atom is 0.262 e. The van der Waals surface area contributed by atoms with Gasteiger partial charge in [-0.25, -0.2) is 0 Å². The Morgan fingerprint density at radius 1 is 1.50 bits per heavy atom. The van der Waals surface area contributed by atoms with Crippen LogP contribution in [-0.2, 0) is 4.79 Å². The zero-order valence-corrected chi connectivity index (χ0v) is 9.77. The van der Waals surface area contributed by atoms with Crippen LogP contribution in [0.1, 0.15) is 24.4 Å². The molecule has 2 aliphatic rings. The second-order valence-corrected chi connectivity index (χ2v) is 4.84. The number of nitrogens with two attached hydrogens (primary N) is 1. The van der Waals surface area contributed by atoms with Crippen LogP contribution in [0.15, 0.2) is 18.2 Å². The Kier molecular flexibility index (Phi) is 2.28. The molecule has 0 bridgehead atoms. The average molecular weight is 243 g/mol. The van der Waals surface area contributed by atoms with E-state index in [0.717, 1.165) is 18.4 Å². The number of hydrogen-bond acceptors (Lipinski definition) is 4. The van der Waals surface area contributed by atoms with Gasteiger partial charge in [0, 0.05) is 6.04 Å². The summed E-state index contributed by atoms with van der Waals surface area (Å²) in [4.78, 5) is 11.3. The van der Waals surface area contributed by atoms with Crippen LogP contribution < -0.4 is 15.8 Å². The third-order valence-electron chi connectivity index (χ3n) is 3.60. The van der Waals surface area contributed by atoms with Gasteiger partial charge in [0.15, 0.2) is 6.61 Å². The van der Waals surface area contributed by atoms with Crippen LogP contribution in [0.4, 0.5) is 5.69 Å². The van der Waals surface area contributed by atoms with Crippen LogP contribution in [-0.4, -0.2) is 12.5 Å². The number of rotatable bonds is 2. The summed E-state index contributed by atoms with van der Waals surface area (Å²) < 4.78 is 5.28. The number of anilines is 1. The molecule has 5 nitrogen and oxygen atoms in total. The minimum absolute atomic E-state index is 0.0422. The maximum atomic E-state index is 11.3. The Balaban J connectivity index is 1.93. The van der Waals surface area contributed by atoms with Crippen LogP contribution in [0.2, 0.25) is 0 Å². The van der Waals surface area contributed by atoms with Crippen LogP contribution in [0, 0.1) is 16.7 Å². The van der Waals surface area contributed by atoms with Crippen molar-refractivity contribution in [2.24, 2.45) is 11.1 Å². The van der Waals surface area contributed by atoms with Gasteiger partial charge in [0.1, 0.15) is 5.75 Å². The number of benzene rings is 1. The Morgan fingerprint density at radius 3 is 2.94 bits per heavy atom. The summed E-state index contributed by atoms with van der Waals surface area (Å²) >= 11 is 0. The highest BCUT2D eigenvalue weighted by atomic mass is 16.5. The lowest BCUT2D eigenvalue weighted by molar-refractivity contribution is -0.118. The molecule has 3 rings (SSSR count). The summed E-state index contributed by atoms with van der Waals surface area (Å²) in [6.45, 7) is 0.0422. The lowest BCUT2D eigenvalue weighted by atomic mass is 9.91. The lowest BCUT2D eigenvalue weighted by Crippen LogP contribution is -2.26. The molecule has 0 radical (unpaired) electrons. The van der Waals surface area contributed by atoms with Crippen molar-refractivity contribution in [3.8, 4) is 11.8 Å². The van der Waals surface area contributed by atoms with Crippen molar-refractivity contribution in [1.82, 2.24) is 0 Å². The Labute approximate surface area is 105 Å². The highest BCUT2D eigenvalue weighted by Gasteiger charge is 2.49. The van der Waals surface area contributed by atoms with Gasteiger partial charge in [-0.1, -0.05) is 6.07 Å². The van der Waals surface area contributed by atoms with Gasteiger partial charge < -0.3 is 15.8 Å². The van der Waals surface area contributed by atoms with Gasteiger partial charge >= 0.3 is 0 Å². The summed E-state index contributed by atoms with van der Waals surface area (Å²) in [5.74, 6) is 0.474. The number of nitrogens with one attached hydrogen (secondary N) is 1. The van der Waals surface area contributed by atoms with Gasteiger partial charge in [-0.2, -0.15) is 5.26 Å². The predicted octanol–water partition coefficient (Wildman–Crippen LogP) is 1.32. The summed E-state index contributed by atoms with van der Waals surface area (Å²) in [5.41, 5.74) is 7.21. The smallest absolute Gasteiger partial charge is 0.262 e. The highest BCUT2D eigenvalue weighted by molar-refractivity contribution is 5.95. The average Bonchev–Trinajstić information content (AvgIpc) is 3.18. The van der Waals surface area contributed by atoms with Crippen molar-refractivity contribution >= 4 is 11.6 Å². The van der Waals surface area contributed by atoms with Crippen LogP contribution >= 0.6 is 0 Å². The largest absolute Gasteiger partial charge is 0.482 e. The molecule has 1 atom stereocenters. The molecule has 1 heterocycles. The first-order valence-corrected chi connectivity index (χ1v) is 5.88. The Morgan fingerprint density at radius 2 is 2.28 bits per heavy atom. The summed E-state index contributed by atoms with van der Waals surface area (Å²) in [6.07, 6.45) is 1.68. The molecule has 1 aliphatic carbocycles. The van der Waals surface area contributed by atoms with E-state index in [9.17, 15) is 4.79 Å². The molecular formula is C13H13N3O2. The maximum absolute atomic E-state index is 11.3. The molecule has 1 fully saturated rings. The fourth-order valence-electron chi connectivity index (χ4n) is 2.24. The molecule has 1 unspecified atom stereocenters. The molecule has 0 spiro atoms. The highest BCUT2D eigenvalue weighted by Crippen LogP contribution is 2.53. The molecule has 1 saturated carbocycles. The van der Waals surface area contributed by atoms with Gasteiger partial charge in [-0.3, -0.25) is 4.79 Å². The van der Waals surface area contributed by atoms with E-state index in [2.05, 4.69) is 11.4 Å². The van der Waals surface area contributed by atoms with Gasteiger partial charge in [0.05, 0.1) is 17.2 Å². The van der Waals surface area contributed by atoms with Crippen molar-refractivity contribution in [3.63, 3.8) is 0 Å². The standard InChI is InChI=1S/C13H13N3O2/c14-7-13(3-4-13)12(15)8-1-2-10-9(5-8)16-11(17)6-18-10/h1-2,5,12H,3-4,6,15H2,(H,16,17). The molecule has 1 amide bonds. The van der Waals surface area contributed by atoms with Gasteiger partial charge in [0.25, 0.3) is 5.91 Å². The monoisotopic (exact) mass is 243 g/mol. The van der Waals surface area contributed by atoms with Gasteiger partial charge in [-0.15, -0.1) is 0 Å². The number of carbonyl (C=O) groups is 1. The number of nitriles is 1. The fraction of sp³-hybridized carbons (Fsp3) is 0.385. The molecule has 5 heteroatoms. The van der Waals surface area contributed by atoms with Crippen molar-refractivity contribution in [2.75, 3.05) is 11.9 Å². The van der Waals surface area contributed by atoms with Gasteiger partial charge in [0.2, 0.25) is 0 Å². The van der Waals surface area contributed by atoms with Crippen molar-refractivity contribution in [2.45, 2.75) is 18.9 Å². The molecule has 92 valence electrons. The van der Waals surface area contributed by atoms with E-state index in [-0.39, 0.29) is 18.6 Å². The van der Waals surface area contributed by atoms with E-state index in [1.54, 1.807) is 12.1 Å². The van der Waals surface area contributed by atoms with Crippen molar-refractivity contribution < 1.29 is 9.53 Å². The van der Waals surface area contributed by atoms with Crippen LogP contribution in [0.25, 0.3) is 0 Å². The topological polar surface area (TPSA) is 88.1 Å². The molecule has 1 aromatic carbocycles. The Bertz CT molecular complexity index is 558. The number of hydrogen-bond donors (Lipinski definition) is 2. The summed E-state index contributed by atoms with van der Waals surface area (Å²) in [7, 11) is 0. The van der Waals surface area contributed by atoms with E-state index in [0.29, 0.717) is 11.4 Å². The number of nitrogens with zero attached hydrogens (tertiary/aromatic N) is 1. The lowest BCUT2D eigenvalue weighted by Gasteiger charge is -2.22. The molecule has 0 saturated heterocycles. The predicted molar refractivity (Wildman–Crippen MR) is 64.8 cm³/mol. The molecule has 18 heavy (non-hydrogen) atoms. The number of fused-ring (bicyclic) bond motifs is 1. The van der Waals surface area contributed by atoms with Crippen molar-refractivity contribution in [1.29, 1.82) is 5.26 Å². The zero-order valence-electron chi connectivity index (χ0n) is 9.77. The van der Waals surface area contributed by atoms with E-state index >= 15 is 0 Å². The normalized spacial score (nSPS) is 21.0. The summed E-state index contributed by atoms with van der Waals surface area (Å²) in [6, 6.07) is 7.43. The number of carbonyl (C=O) groups excluding carboxylic acids is 1. The fourth-order valence-corrected chi connectivity index (χ4v) is 2.24. The molecule has 3 N–H and O–H groups in total. The second kappa shape index (κ2) is 3.72. The SMILES string of the molecule is N#CC1(C(N)c2ccc3c(c2)NC(=O)CO3)CC1. The van der Waals surface area contributed by atoms with E-state index in [4.69, 9.17) is 15.7 Å². The third-order valence-corrected chi connectivity index (χ3v) is 3.60.